The topological polar surface area (TPSA) is 37.8 Å². The molecule has 3 nitrogen and oxygen atoms in total. The third kappa shape index (κ3) is 2.71. The highest BCUT2D eigenvalue weighted by Crippen LogP contribution is 2.23. The fourth-order valence-electron chi connectivity index (χ4n) is 1.43. The van der Waals surface area contributed by atoms with Gasteiger partial charge in [0.2, 0.25) is 0 Å². The third-order valence-corrected chi connectivity index (χ3v) is 2.50. The summed E-state index contributed by atoms with van der Waals surface area (Å²) in [6.07, 6.45) is 3.25. The molecular formula is C12H11ClFN3. The Balaban J connectivity index is 2.38. The van der Waals surface area contributed by atoms with Crippen LogP contribution in [0.2, 0.25) is 5.02 Å². The van der Waals surface area contributed by atoms with E-state index in [1.54, 1.807) is 18.5 Å². The van der Waals surface area contributed by atoms with Crippen molar-refractivity contribution in [2.24, 2.45) is 0 Å². The van der Waals surface area contributed by atoms with Crippen molar-refractivity contribution in [3.8, 4) is 11.3 Å². The first-order valence-corrected chi connectivity index (χ1v) is 5.60. The van der Waals surface area contributed by atoms with E-state index < -0.39 is 5.82 Å². The molecule has 5 heteroatoms. The number of hydrogen-bond acceptors (Lipinski definition) is 3. The molecule has 1 N–H and O–H groups in total. The van der Waals surface area contributed by atoms with Crippen LogP contribution in [0.15, 0.2) is 30.6 Å². The molecule has 0 spiro atoms. The Morgan fingerprint density at radius 3 is 2.88 bits per heavy atom. The lowest BCUT2D eigenvalue weighted by molar-refractivity contribution is 0.628. The minimum atomic E-state index is -0.439. The summed E-state index contributed by atoms with van der Waals surface area (Å²) in [5.41, 5.74) is 1.40. The molecule has 0 atom stereocenters. The van der Waals surface area contributed by atoms with Crippen LogP contribution in [0.1, 0.15) is 6.92 Å². The van der Waals surface area contributed by atoms with Gasteiger partial charge in [0.15, 0.2) is 0 Å². The second-order valence-corrected chi connectivity index (χ2v) is 3.86. The van der Waals surface area contributed by atoms with Gasteiger partial charge in [-0.3, -0.25) is 4.98 Å². The molecule has 0 amide bonds. The number of benzene rings is 1. The van der Waals surface area contributed by atoms with E-state index in [1.807, 2.05) is 6.92 Å². The molecule has 1 aromatic heterocycles. The lowest BCUT2D eigenvalue weighted by Gasteiger charge is -2.05. The van der Waals surface area contributed by atoms with Gasteiger partial charge in [-0.2, -0.15) is 0 Å². The van der Waals surface area contributed by atoms with Gasteiger partial charge in [0.05, 0.1) is 23.1 Å². The summed E-state index contributed by atoms with van der Waals surface area (Å²) < 4.78 is 13.0. The van der Waals surface area contributed by atoms with E-state index in [9.17, 15) is 4.39 Å². The molecule has 1 aromatic carbocycles. The lowest BCUT2D eigenvalue weighted by atomic mass is 10.1. The van der Waals surface area contributed by atoms with Crippen LogP contribution in [0.4, 0.5) is 10.2 Å². The summed E-state index contributed by atoms with van der Waals surface area (Å²) in [7, 11) is 0. The van der Waals surface area contributed by atoms with E-state index in [4.69, 9.17) is 11.6 Å². The van der Waals surface area contributed by atoms with E-state index in [-0.39, 0.29) is 5.02 Å². The second kappa shape index (κ2) is 5.10. The van der Waals surface area contributed by atoms with Gasteiger partial charge in [-0.05, 0) is 25.1 Å². The van der Waals surface area contributed by atoms with Crippen molar-refractivity contribution in [1.29, 1.82) is 0 Å². The minimum absolute atomic E-state index is 0.0816. The van der Waals surface area contributed by atoms with Gasteiger partial charge in [0, 0.05) is 12.1 Å². The SMILES string of the molecule is CCNc1cncc(-c2ccc(F)c(Cl)c2)n1. The third-order valence-electron chi connectivity index (χ3n) is 2.21. The molecular weight excluding hydrogens is 241 g/mol. The summed E-state index contributed by atoms with van der Waals surface area (Å²) in [6.45, 7) is 2.74. The summed E-state index contributed by atoms with van der Waals surface area (Å²) in [4.78, 5) is 8.42. The van der Waals surface area contributed by atoms with Gasteiger partial charge in [-0.15, -0.1) is 0 Å². The van der Waals surface area contributed by atoms with Crippen molar-refractivity contribution in [2.45, 2.75) is 6.92 Å². The Morgan fingerprint density at radius 2 is 2.18 bits per heavy atom. The van der Waals surface area contributed by atoms with Crippen LogP contribution in [-0.2, 0) is 0 Å². The Morgan fingerprint density at radius 1 is 1.35 bits per heavy atom. The molecule has 0 aliphatic carbocycles. The highest BCUT2D eigenvalue weighted by Gasteiger charge is 2.05. The van der Waals surface area contributed by atoms with Gasteiger partial charge >= 0.3 is 0 Å². The van der Waals surface area contributed by atoms with Crippen molar-refractivity contribution < 1.29 is 4.39 Å². The van der Waals surface area contributed by atoms with Gasteiger partial charge in [0.25, 0.3) is 0 Å². The van der Waals surface area contributed by atoms with E-state index >= 15 is 0 Å². The van der Waals surface area contributed by atoms with E-state index in [2.05, 4.69) is 15.3 Å². The minimum Gasteiger partial charge on any atom is -0.369 e. The largest absolute Gasteiger partial charge is 0.369 e. The van der Waals surface area contributed by atoms with Crippen LogP contribution in [0.25, 0.3) is 11.3 Å². The first-order chi connectivity index (χ1) is 8.20. The normalized spacial score (nSPS) is 10.3. The molecule has 0 aliphatic heterocycles. The molecule has 88 valence electrons. The zero-order chi connectivity index (χ0) is 12.3. The Bertz CT molecular complexity index is 531. The van der Waals surface area contributed by atoms with Crippen molar-refractivity contribution in [2.75, 3.05) is 11.9 Å². The predicted molar refractivity (Wildman–Crippen MR) is 66.6 cm³/mol. The Labute approximate surface area is 104 Å². The standard InChI is InChI=1S/C12H11ClFN3/c1-2-16-12-7-15-6-11(17-12)8-3-4-10(14)9(13)5-8/h3-7H,2H2,1H3,(H,16,17). The molecule has 0 saturated carbocycles. The lowest BCUT2D eigenvalue weighted by Crippen LogP contribution is -2.00. The molecule has 0 radical (unpaired) electrons. The van der Waals surface area contributed by atoms with Crippen molar-refractivity contribution in [3.05, 3.63) is 41.4 Å². The summed E-state index contributed by atoms with van der Waals surface area (Å²) in [6, 6.07) is 4.48. The van der Waals surface area contributed by atoms with Gasteiger partial charge in [-0.25, -0.2) is 9.37 Å². The Hall–Kier alpha value is -1.68. The van der Waals surface area contributed by atoms with Crippen LogP contribution >= 0.6 is 11.6 Å². The number of nitrogens with one attached hydrogen (secondary N) is 1. The first-order valence-electron chi connectivity index (χ1n) is 5.22. The van der Waals surface area contributed by atoms with Gasteiger partial charge < -0.3 is 5.32 Å². The molecule has 0 fully saturated rings. The average Bonchev–Trinajstić information content (AvgIpc) is 2.33. The first kappa shape index (κ1) is 11.8. The van der Waals surface area contributed by atoms with Gasteiger partial charge in [-0.1, -0.05) is 11.6 Å². The maximum atomic E-state index is 13.0. The fourth-order valence-corrected chi connectivity index (χ4v) is 1.61. The summed E-state index contributed by atoms with van der Waals surface area (Å²) in [5.74, 6) is 0.247. The monoisotopic (exact) mass is 251 g/mol. The molecule has 0 aliphatic rings. The number of hydrogen-bond donors (Lipinski definition) is 1. The van der Waals surface area contributed by atoms with Crippen LogP contribution in [-0.4, -0.2) is 16.5 Å². The van der Waals surface area contributed by atoms with Crippen LogP contribution in [0.3, 0.4) is 0 Å². The molecule has 1 heterocycles. The van der Waals surface area contributed by atoms with E-state index in [0.29, 0.717) is 11.5 Å². The fraction of sp³-hybridized carbons (Fsp3) is 0.167. The molecule has 0 bridgehead atoms. The maximum absolute atomic E-state index is 13.0. The predicted octanol–water partition coefficient (Wildman–Crippen LogP) is 3.37. The summed E-state index contributed by atoms with van der Waals surface area (Å²) >= 11 is 5.73. The van der Waals surface area contributed by atoms with Crippen molar-refractivity contribution in [1.82, 2.24) is 9.97 Å². The zero-order valence-corrected chi connectivity index (χ0v) is 10.0. The summed E-state index contributed by atoms with van der Waals surface area (Å²) in [5, 5.41) is 3.14. The average molecular weight is 252 g/mol. The Kier molecular flexibility index (Phi) is 3.54. The number of aromatic nitrogens is 2. The van der Waals surface area contributed by atoms with E-state index in [0.717, 1.165) is 12.1 Å². The second-order valence-electron chi connectivity index (χ2n) is 3.45. The molecule has 2 rings (SSSR count). The number of nitrogens with zero attached hydrogens (tertiary/aromatic N) is 2. The van der Waals surface area contributed by atoms with Crippen LogP contribution in [0.5, 0.6) is 0 Å². The molecule has 0 unspecified atom stereocenters. The highest BCUT2D eigenvalue weighted by molar-refractivity contribution is 6.31. The maximum Gasteiger partial charge on any atom is 0.145 e. The van der Waals surface area contributed by atoms with E-state index in [1.165, 1.54) is 12.1 Å². The number of anilines is 1. The van der Waals surface area contributed by atoms with Crippen molar-refractivity contribution >= 4 is 17.4 Å². The molecule has 0 saturated heterocycles. The number of rotatable bonds is 3. The molecule has 2 aromatic rings. The van der Waals surface area contributed by atoms with Crippen LogP contribution < -0.4 is 5.32 Å². The zero-order valence-electron chi connectivity index (χ0n) is 9.24. The quantitative estimate of drug-likeness (QED) is 0.909. The highest BCUT2D eigenvalue weighted by atomic mass is 35.5. The van der Waals surface area contributed by atoms with Crippen LogP contribution in [0, 0.1) is 5.82 Å². The number of halogens is 2. The van der Waals surface area contributed by atoms with Gasteiger partial charge in [0.1, 0.15) is 11.6 Å². The molecule has 17 heavy (non-hydrogen) atoms. The smallest absolute Gasteiger partial charge is 0.145 e. The van der Waals surface area contributed by atoms with Crippen molar-refractivity contribution in [3.63, 3.8) is 0 Å².